The molecule has 0 aromatic carbocycles. The number of ether oxygens (including phenoxy) is 2. The lowest BCUT2D eigenvalue weighted by Crippen LogP contribution is -2.40. The Morgan fingerprint density at radius 1 is 1.40 bits per heavy atom. The molecule has 1 aromatic rings. The molecule has 0 radical (unpaired) electrons. The molecule has 1 aromatic heterocycles. The summed E-state index contributed by atoms with van der Waals surface area (Å²) in [5.41, 5.74) is 1.36. The molecule has 8 nitrogen and oxygen atoms in total. The third-order valence-electron chi connectivity index (χ3n) is 1.85. The van der Waals surface area contributed by atoms with Gasteiger partial charge in [-0.3, -0.25) is 0 Å². The Kier molecular flexibility index (Phi) is 3.20. The van der Waals surface area contributed by atoms with Gasteiger partial charge in [-0.1, -0.05) is 5.43 Å². The minimum absolute atomic E-state index is 0.0950. The fourth-order valence-corrected chi connectivity index (χ4v) is 0.696. The van der Waals surface area contributed by atoms with Crippen molar-refractivity contribution < 1.29 is 19.0 Å². The van der Waals surface area contributed by atoms with Gasteiger partial charge in [0, 0.05) is 21.0 Å². The first kappa shape index (κ1) is 11.4. The fraction of sp³-hybridized carbons (Fsp3) is 0.714. The van der Waals surface area contributed by atoms with Gasteiger partial charge in [0.2, 0.25) is 0 Å². The topological polar surface area (TPSA) is 89.5 Å². The minimum Gasteiger partial charge on any atom is -0.476 e. The van der Waals surface area contributed by atoms with Crippen molar-refractivity contribution in [2.75, 3.05) is 19.6 Å². The number of hydrogen-bond acceptors (Lipinski definition) is 6. The number of nitroso groups, excluding NO2 is 1. The van der Waals surface area contributed by atoms with Crippen LogP contribution in [0.1, 0.15) is 13.8 Å². The number of hydrazine groups is 1. The molecule has 84 valence electrons. The van der Waals surface area contributed by atoms with Crippen LogP contribution in [-0.4, -0.2) is 35.1 Å². The van der Waals surface area contributed by atoms with E-state index in [1.807, 2.05) is 0 Å². The predicted molar refractivity (Wildman–Crippen MR) is 49.2 cm³/mol. The van der Waals surface area contributed by atoms with Crippen molar-refractivity contribution in [3.63, 3.8) is 0 Å². The molecule has 1 rings (SSSR count). The molecule has 0 fully saturated rings. The van der Waals surface area contributed by atoms with Gasteiger partial charge in [-0.15, -0.1) is 0 Å². The number of rotatable bonds is 5. The number of methoxy groups -OCH3 is 2. The molecule has 0 atom stereocenters. The summed E-state index contributed by atoms with van der Waals surface area (Å²) in [6.45, 7) is 3.18. The molecule has 0 spiro atoms. The van der Waals surface area contributed by atoms with Crippen LogP contribution in [0.5, 0.6) is 5.88 Å². The predicted octanol–water partition coefficient (Wildman–Crippen LogP) is 0.566. The zero-order chi connectivity index (χ0) is 11.5. The summed E-state index contributed by atoms with van der Waals surface area (Å²) in [6, 6.07) is 0. The number of nitrogens with zero attached hydrogens (tertiary/aromatic N) is 3. The van der Waals surface area contributed by atoms with E-state index in [4.69, 9.17) is 9.47 Å². The standard InChI is InChI=1S/C7H13N4O4/c1-7(2,14-4)11(12)8-5-6(13-3)10-15-9-5/h1-4H3,(H,8,9,12)/q+1. The minimum atomic E-state index is -1.04. The summed E-state index contributed by atoms with van der Waals surface area (Å²) in [5, 5.41) is 6.87. The lowest BCUT2D eigenvalue weighted by Gasteiger charge is -2.11. The maximum absolute atomic E-state index is 11.5. The highest BCUT2D eigenvalue weighted by molar-refractivity contribution is 5.40. The maximum Gasteiger partial charge on any atom is 0.340 e. The lowest BCUT2D eigenvalue weighted by atomic mass is 10.3. The van der Waals surface area contributed by atoms with E-state index in [-0.39, 0.29) is 11.7 Å². The highest BCUT2D eigenvalue weighted by atomic mass is 16.6. The van der Waals surface area contributed by atoms with Crippen LogP contribution in [-0.2, 0) is 4.74 Å². The van der Waals surface area contributed by atoms with Gasteiger partial charge >= 0.3 is 11.6 Å². The van der Waals surface area contributed by atoms with Crippen LogP contribution in [0.2, 0.25) is 0 Å². The van der Waals surface area contributed by atoms with Crippen molar-refractivity contribution in [1.82, 2.24) is 10.3 Å². The largest absolute Gasteiger partial charge is 0.476 e. The van der Waals surface area contributed by atoms with E-state index in [0.717, 1.165) is 0 Å². The van der Waals surface area contributed by atoms with E-state index >= 15 is 0 Å². The van der Waals surface area contributed by atoms with Gasteiger partial charge in [0.1, 0.15) is 0 Å². The summed E-state index contributed by atoms with van der Waals surface area (Å²) in [5.74, 6) is 0.195. The van der Waals surface area contributed by atoms with Crippen LogP contribution in [0.15, 0.2) is 4.63 Å². The Labute approximate surface area is 86.0 Å². The molecular weight excluding hydrogens is 204 g/mol. The smallest absolute Gasteiger partial charge is 0.340 e. The zero-order valence-electron chi connectivity index (χ0n) is 8.97. The van der Waals surface area contributed by atoms with E-state index < -0.39 is 5.72 Å². The van der Waals surface area contributed by atoms with Gasteiger partial charge in [-0.05, 0) is 10.3 Å². The highest BCUT2D eigenvalue weighted by Gasteiger charge is 2.37. The van der Waals surface area contributed by atoms with Crippen molar-refractivity contribution in [3.8, 4) is 5.88 Å². The second-order valence-corrected chi connectivity index (χ2v) is 3.18. The highest BCUT2D eigenvalue weighted by Crippen LogP contribution is 2.19. The number of nitrogens with one attached hydrogen (secondary N) is 1. The quantitative estimate of drug-likeness (QED) is 0.438. The zero-order valence-corrected chi connectivity index (χ0v) is 8.97. The monoisotopic (exact) mass is 217 g/mol. The second kappa shape index (κ2) is 4.22. The molecule has 0 aliphatic heterocycles. The van der Waals surface area contributed by atoms with Crippen LogP contribution >= 0.6 is 0 Å². The summed E-state index contributed by atoms with van der Waals surface area (Å²) in [6.07, 6.45) is 0. The Bertz CT molecular complexity index is 349. The lowest BCUT2D eigenvalue weighted by molar-refractivity contribution is -0.645. The van der Waals surface area contributed by atoms with Gasteiger partial charge in [0.15, 0.2) is 4.87 Å². The van der Waals surface area contributed by atoms with Gasteiger partial charge in [0.05, 0.1) is 12.0 Å². The van der Waals surface area contributed by atoms with Gasteiger partial charge in [-0.2, -0.15) is 0 Å². The summed E-state index contributed by atoms with van der Waals surface area (Å²) >= 11 is 0. The summed E-state index contributed by atoms with van der Waals surface area (Å²) in [4.78, 5) is 12.0. The summed E-state index contributed by atoms with van der Waals surface area (Å²) < 4.78 is 14.1. The average molecular weight is 217 g/mol. The number of hydrogen-bond donors (Lipinski definition) is 1. The summed E-state index contributed by atoms with van der Waals surface area (Å²) in [7, 11) is 2.81. The molecule has 0 amide bonds. The molecule has 1 heterocycles. The van der Waals surface area contributed by atoms with Crippen molar-refractivity contribution in [3.05, 3.63) is 4.91 Å². The van der Waals surface area contributed by atoms with Crippen LogP contribution in [0.25, 0.3) is 0 Å². The average Bonchev–Trinajstić information content (AvgIpc) is 2.65. The molecular formula is C7H13N4O4+. The van der Waals surface area contributed by atoms with E-state index in [0.29, 0.717) is 4.87 Å². The molecule has 0 unspecified atom stereocenters. The van der Waals surface area contributed by atoms with Crippen LogP contribution in [0.4, 0.5) is 5.82 Å². The third-order valence-corrected chi connectivity index (χ3v) is 1.85. The van der Waals surface area contributed by atoms with Gasteiger partial charge in [0.25, 0.3) is 5.82 Å². The van der Waals surface area contributed by atoms with E-state index in [9.17, 15) is 4.91 Å². The number of anilines is 1. The van der Waals surface area contributed by atoms with E-state index in [2.05, 4.69) is 20.4 Å². The molecule has 0 aliphatic carbocycles. The Balaban J connectivity index is 2.74. The molecule has 0 saturated carbocycles. The number of aromatic nitrogens is 2. The fourth-order valence-electron chi connectivity index (χ4n) is 0.696. The van der Waals surface area contributed by atoms with Gasteiger partial charge < -0.3 is 9.47 Å². The van der Waals surface area contributed by atoms with Crippen LogP contribution in [0.3, 0.4) is 0 Å². The van der Waals surface area contributed by atoms with Gasteiger partial charge in [-0.25, -0.2) is 4.63 Å². The molecule has 15 heavy (non-hydrogen) atoms. The van der Waals surface area contributed by atoms with Crippen LogP contribution < -0.4 is 10.2 Å². The van der Waals surface area contributed by atoms with Crippen molar-refractivity contribution in [1.29, 1.82) is 0 Å². The van der Waals surface area contributed by atoms with Crippen molar-refractivity contribution >= 4 is 5.82 Å². The molecule has 8 heteroatoms. The molecule has 0 bridgehead atoms. The molecule has 1 N–H and O–H groups in total. The first-order chi connectivity index (χ1) is 7.01. The SMILES string of the molecule is COc1nonc1N[N+](=O)C(C)(C)OC. The third kappa shape index (κ3) is 2.40. The van der Waals surface area contributed by atoms with Crippen LogP contribution in [0, 0.1) is 4.91 Å². The molecule has 0 saturated heterocycles. The first-order valence-electron chi connectivity index (χ1n) is 4.17. The van der Waals surface area contributed by atoms with E-state index in [1.165, 1.54) is 14.2 Å². The van der Waals surface area contributed by atoms with E-state index in [1.54, 1.807) is 13.8 Å². The second-order valence-electron chi connectivity index (χ2n) is 3.18. The Hall–Kier alpha value is -1.70. The first-order valence-corrected chi connectivity index (χ1v) is 4.17. The maximum atomic E-state index is 11.5. The Morgan fingerprint density at radius 2 is 2.07 bits per heavy atom. The molecule has 0 aliphatic rings. The Morgan fingerprint density at radius 3 is 2.60 bits per heavy atom. The van der Waals surface area contributed by atoms with Crippen molar-refractivity contribution in [2.45, 2.75) is 19.6 Å². The normalized spacial score (nSPS) is 11.2. The van der Waals surface area contributed by atoms with Crippen molar-refractivity contribution in [2.24, 2.45) is 0 Å².